The van der Waals surface area contributed by atoms with Crippen LogP contribution in [0.4, 0.5) is 11.4 Å². The maximum absolute atomic E-state index is 4.29. The molecule has 1 atom stereocenters. The molecule has 11 rings (SSSR count). The maximum atomic E-state index is 4.29. The van der Waals surface area contributed by atoms with Crippen LogP contribution in [-0.2, 0) is 12.8 Å². The van der Waals surface area contributed by atoms with Gasteiger partial charge in [-0.1, -0.05) is 158 Å². The highest BCUT2D eigenvalue weighted by molar-refractivity contribution is 6.14. The summed E-state index contributed by atoms with van der Waals surface area (Å²) in [6.45, 7) is 6.68. The lowest BCUT2D eigenvalue weighted by Crippen LogP contribution is -2.31. The molecule has 3 aliphatic carbocycles. The van der Waals surface area contributed by atoms with Gasteiger partial charge in [0.1, 0.15) is 0 Å². The van der Waals surface area contributed by atoms with E-state index in [9.17, 15) is 0 Å². The third kappa shape index (κ3) is 6.08. The minimum Gasteiger partial charge on any atom is -0.334 e. The van der Waals surface area contributed by atoms with Gasteiger partial charge in [-0.3, -0.25) is 0 Å². The molecule has 0 radical (unpaired) electrons. The molecule has 1 nitrogen and oxygen atoms in total. The van der Waals surface area contributed by atoms with E-state index < -0.39 is 0 Å². The molecule has 8 aromatic carbocycles. The molecule has 0 saturated heterocycles. The van der Waals surface area contributed by atoms with Gasteiger partial charge in [-0.05, 0) is 175 Å². The Morgan fingerprint density at radius 2 is 1.22 bits per heavy atom. The molecule has 0 saturated carbocycles. The van der Waals surface area contributed by atoms with Crippen molar-refractivity contribution >= 4 is 55.3 Å². The second-order valence-corrected chi connectivity index (χ2v) is 16.6. The highest BCUT2D eigenvalue weighted by Gasteiger charge is 2.31. The van der Waals surface area contributed by atoms with Crippen molar-refractivity contribution < 1.29 is 0 Å². The second kappa shape index (κ2) is 15.0. The molecule has 0 aromatic heterocycles. The van der Waals surface area contributed by atoms with E-state index in [1.807, 2.05) is 6.08 Å². The topological polar surface area (TPSA) is 3.24 Å². The summed E-state index contributed by atoms with van der Waals surface area (Å²) in [6, 6.07) is 58.9. The molecule has 1 heteroatoms. The number of aryl methyl sites for hydroxylation is 1. The summed E-state index contributed by atoms with van der Waals surface area (Å²) in [5.41, 5.74) is 18.6. The monoisotopic (exact) mass is 769 g/mol. The normalized spacial score (nSPS) is 15.2. The summed E-state index contributed by atoms with van der Waals surface area (Å²) >= 11 is 0. The molecule has 0 spiro atoms. The van der Waals surface area contributed by atoms with Gasteiger partial charge in [0.05, 0.1) is 6.04 Å². The number of hydrogen-bond donors (Lipinski definition) is 0. The van der Waals surface area contributed by atoms with Gasteiger partial charge in [-0.15, -0.1) is 0 Å². The van der Waals surface area contributed by atoms with Crippen molar-refractivity contribution in [2.75, 3.05) is 4.90 Å². The predicted molar refractivity (Wildman–Crippen MR) is 258 cm³/mol. The number of allylic oxidation sites excluding steroid dienone is 6. The van der Waals surface area contributed by atoms with Crippen LogP contribution in [0.3, 0.4) is 0 Å². The van der Waals surface area contributed by atoms with Gasteiger partial charge in [0, 0.05) is 11.4 Å². The third-order valence-corrected chi connectivity index (χ3v) is 13.3. The zero-order valence-corrected chi connectivity index (χ0v) is 34.2. The number of benzene rings is 8. The minimum absolute atomic E-state index is 0.0194. The van der Waals surface area contributed by atoms with Crippen LogP contribution in [0.25, 0.3) is 66.2 Å². The Labute approximate surface area is 353 Å². The first-order valence-electron chi connectivity index (χ1n) is 21.6. The van der Waals surface area contributed by atoms with Crippen molar-refractivity contribution in [3.8, 4) is 22.3 Å². The quantitative estimate of drug-likeness (QED) is 0.110. The Kier molecular flexibility index (Phi) is 9.04. The van der Waals surface area contributed by atoms with Gasteiger partial charge in [0.2, 0.25) is 0 Å². The summed E-state index contributed by atoms with van der Waals surface area (Å²) in [5.74, 6) is 0. The van der Waals surface area contributed by atoms with Crippen molar-refractivity contribution in [1.29, 1.82) is 0 Å². The van der Waals surface area contributed by atoms with E-state index in [4.69, 9.17) is 0 Å². The third-order valence-electron chi connectivity index (χ3n) is 13.3. The number of anilines is 2. The van der Waals surface area contributed by atoms with E-state index in [-0.39, 0.29) is 6.04 Å². The fraction of sp³-hybridized carbons (Fsp3) is 0.119. The van der Waals surface area contributed by atoms with Crippen molar-refractivity contribution in [3.63, 3.8) is 0 Å². The van der Waals surface area contributed by atoms with Crippen molar-refractivity contribution in [1.82, 2.24) is 0 Å². The number of fused-ring (bicyclic) bond motifs is 8. The lowest BCUT2D eigenvalue weighted by molar-refractivity contribution is 0.815. The summed E-state index contributed by atoms with van der Waals surface area (Å²) in [4.78, 5) is 2.58. The van der Waals surface area contributed by atoms with E-state index in [1.54, 1.807) is 0 Å². The number of hydrogen-bond acceptors (Lipinski definition) is 1. The van der Waals surface area contributed by atoms with E-state index in [0.29, 0.717) is 0 Å². The van der Waals surface area contributed by atoms with Crippen molar-refractivity contribution in [2.24, 2.45) is 0 Å². The van der Waals surface area contributed by atoms with Crippen LogP contribution in [0.5, 0.6) is 0 Å². The highest BCUT2D eigenvalue weighted by atomic mass is 15.2. The van der Waals surface area contributed by atoms with Gasteiger partial charge >= 0.3 is 0 Å². The fourth-order valence-corrected chi connectivity index (χ4v) is 10.5. The molecule has 0 amide bonds. The van der Waals surface area contributed by atoms with Gasteiger partial charge in [0.25, 0.3) is 0 Å². The Balaban J connectivity index is 1.09. The van der Waals surface area contributed by atoms with Crippen molar-refractivity contribution in [3.05, 3.63) is 228 Å². The maximum Gasteiger partial charge on any atom is 0.0569 e. The molecule has 3 aliphatic rings. The van der Waals surface area contributed by atoms with E-state index >= 15 is 0 Å². The van der Waals surface area contributed by atoms with Gasteiger partial charge in [0.15, 0.2) is 0 Å². The summed E-state index contributed by atoms with van der Waals surface area (Å²) in [6.07, 6.45) is 16.6. The van der Waals surface area contributed by atoms with Crippen LogP contribution in [0.1, 0.15) is 48.4 Å². The van der Waals surface area contributed by atoms with Gasteiger partial charge in [-0.25, -0.2) is 0 Å². The molecule has 0 aliphatic heterocycles. The molecule has 288 valence electrons. The molecular formula is C59H47N. The van der Waals surface area contributed by atoms with Crippen LogP contribution in [-0.4, -0.2) is 6.04 Å². The van der Waals surface area contributed by atoms with Crippen LogP contribution >= 0.6 is 0 Å². The first kappa shape index (κ1) is 36.1. The minimum atomic E-state index is -0.0194. The smallest absolute Gasteiger partial charge is 0.0569 e. The summed E-state index contributed by atoms with van der Waals surface area (Å²) in [7, 11) is 0. The predicted octanol–water partition coefficient (Wildman–Crippen LogP) is 15.8. The van der Waals surface area contributed by atoms with Gasteiger partial charge < -0.3 is 4.90 Å². The second-order valence-electron chi connectivity index (χ2n) is 16.6. The van der Waals surface area contributed by atoms with Crippen molar-refractivity contribution in [2.45, 2.75) is 45.1 Å². The molecule has 1 unspecified atom stereocenters. The van der Waals surface area contributed by atoms with Crippen LogP contribution < -0.4 is 4.90 Å². The molecule has 0 bridgehead atoms. The first-order chi connectivity index (χ1) is 29.6. The Morgan fingerprint density at radius 1 is 0.567 bits per heavy atom. The Bertz CT molecular complexity index is 3170. The molecule has 0 heterocycles. The van der Waals surface area contributed by atoms with Crippen LogP contribution in [0, 0.1) is 0 Å². The van der Waals surface area contributed by atoms with Crippen LogP contribution in [0.15, 0.2) is 205 Å². The standard InChI is InChI=1S/C59H47N/c1-3-17-47(51-32-16-33-54-50-27-9-6-20-44(50)38-59(51)54)39(2)60(45-23-14-21-40(34-45)57-36-42-18-4-7-25-48(42)52-28-10-12-30-55(52)57)46-24-15-22-41(35-46)58-37-43-19-5-8-26-49(43)53-29-11-13-31-56(53)58/h3-4,6-15,17-18,20-32,34-37,39H,1,5,16,19,33,38H2,2H3/b47-17+. The van der Waals surface area contributed by atoms with Gasteiger partial charge in [-0.2, -0.15) is 0 Å². The zero-order valence-electron chi connectivity index (χ0n) is 34.2. The SMILES string of the molecule is C=C/C=C(/C1=CCCC2=C1Cc1ccccc12)C(C)N(c1cccc(-c2cc3c(c4ccccc24)C=CCC3)c1)c1cccc(-c2cc3ccccc3c3ccccc23)c1. The van der Waals surface area contributed by atoms with E-state index in [0.717, 1.165) is 43.5 Å². The van der Waals surface area contributed by atoms with E-state index in [2.05, 4.69) is 200 Å². The first-order valence-corrected chi connectivity index (χ1v) is 21.6. The Hall–Kier alpha value is -6.96. The molecule has 60 heavy (non-hydrogen) atoms. The Morgan fingerprint density at radius 3 is 1.98 bits per heavy atom. The average molecular weight is 770 g/mol. The largest absolute Gasteiger partial charge is 0.334 e. The van der Waals surface area contributed by atoms with E-state index in [1.165, 1.54) is 99.1 Å². The number of rotatable bonds is 8. The summed E-state index contributed by atoms with van der Waals surface area (Å²) in [5, 5.41) is 7.71. The number of nitrogens with zero attached hydrogens (tertiary/aromatic N) is 1. The van der Waals surface area contributed by atoms with Crippen LogP contribution in [0.2, 0.25) is 0 Å². The molecule has 8 aromatic rings. The summed E-state index contributed by atoms with van der Waals surface area (Å²) < 4.78 is 0. The molecule has 0 N–H and O–H groups in total. The average Bonchev–Trinajstić information content (AvgIpc) is 3.70. The zero-order chi connectivity index (χ0) is 40.2. The highest BCUT2D eigenvalue weighted by Crippen LogP contribution is 2.47. The molecular weight excluding hydrogens is 723 g/mol. The lowest BCUT2D eigenvalue weighted by atomic mass is 9.83. The molecule has 0 fully saturated rings. The fourth-order valence-electron chi connectivity index (χ4n) is 10.5. The lowest BCUT2D eigenvalue weighted by Gasteiger charge is -2.36.